The standard InChI is InChI=1S/C13H18N2O3S.ClH/c1-15(12-7-8-19(17,18)10-12)13(16)9-14-11-5-3-2-4-6-11;/h2-6,12,14H,7-10H2,1H3;1H. The first kappa shape index (κ1) is 16.8. The van der Waals surface area contributed by atoms with E-state index in [4.69, 9.17) is 0 Å². The highest BCUT2D eigenvalue weighted by molar-refractivity contribution is 7.91. The van der Waals surface area contributed by atoms with Gasteiger partial charge in [0.15, 0.2) is 9.84 Å². The molecule has 1 saturated heterocycles. The van der Waals surface area contributed by atoms with Gasteiger partial charge in [-0.1, -0.05) is 18.2 Å². The van der Waals surface area contributed by atoms with Crippen molar-refractivity contribution >= 4 is 33.8 Å². The lowest BCUT2D eigenvalue weighted by atomic mass is 10.2. The van der Waals surface area contributed by atoms with E-state index in [0.717, 1.165) is 5.69 Å². The summed E-state index contributed by atoms with van der Waals surface area (Å²) in [7, 11) is -1.29. The molecule has 1 aliphatic heterocycles. The van der Waals surface area contributed by atoms with Crippen molar-refractivity contribution in [2.24, 2.45) is 0 Å². The maximum absolute atomic E-state index is 12.0. The quantitative estimate of drug-likeness (QED) is 0.905. The Kier molecular flexibility index (Phi) is 5.83. The van der Waals surface area contributed by atoms with E-state index < -0.39 is 9.84 Å². The molecule has 1 aromatic rings. The zero-order valence-electron chi connectivity index (χ0n) is 11.3. The van der Waals surface area contributed by atoms with Gasteiger partial charge in [0.1, 0.15) is 0 Å². The number of nitrogens with one attached hydrogen (secondary N) is 1. The minimum atomic E-state index is -2.96. The number of halogens is 1. The van der Waals surface area contributed by atoms with Crippen LogP contribution in [0.5, 0.6) is 0 Å². The highest BCUT2D eigenvalue weighted by Crippen LogP contribution is 2.16. The monoisotopic (exact) mass is 318 g/mol. The molecule has 1 aliphatic rings. The third-order valence-corrected chi connectivity index (χ3v) is 5.12. The Morgan fingerprint density at radius 2 is 2.00 bits per heavy atom. The van der Waals surface area contributed by atoms with E-state index in [0.29, 0.717) is 6.42 Å². The molecule has 0 aliphatic carbocycles. The van der Waals surface area contributed by atoms with Crippen molar-refractivity contribution in [1.82, 2.24) is 4.90 Å². The van der Waals surface area contributed by atoms with Crippen LogP contribution in [-0.4, -0.2) is 50.4 Å². The summed E-state index contributed by atoms with van der Waals surface area (Å²) >= 11 is 0. The number of likely N-dealkylation sites (N-methyl/N-ethyl adjacent to an activating group) is 1. The molecule has 1 fully saturated rings. The predicted molar refractivity (Wildman–Crippen MR) is 82.0 cm³/mol. The van der Waals surface area contributed by atoms with Gasteiger partial charge in [-0.05, 0) is 18.6 Å². The summed E-state index contributed by atoms with van der Waals surface area (Å²) in [6.07, 6.45) is 0.538. The molecule has 5 nitrogen and oxygen atoms in total. The minimum Gasteiger partial charge on any atom is -0.376 e. The molecule has 1 heterocycles. The van der Waals surface area contributed by atoms with Gasteiger partial charge in [0, 0.05) is 18.8 Å². The molecular formula is C13H19ClN2O3S. The Labute approximate surface area is 125 Å². The maximum atomic E-state index is 12.0. The fraction of sp³-hybridized carbons (Fsp3) is 0.462. The van der Waals surface area contributed by atoms with Crippen LogP contribution in [0, 0.1) is 0 Å². The van der Waals surface area contributed by atoms with Crippen LogP contribution in [0.25, 0.3) is 0 Å². The van der Waals surface area contributed by atoms with Gasteiger partial charge < -0.3 is 10.2 Å². The summed E-state index contributed by atoms with van der Waals surface area (Å²) < 4.78 is 22.8. The summed E-state index contributed by atoms with van der Waals surface area (Å²) in [6.45, 7) is 0.178. The van der Waals surface area contributed by atoms with Gasteiger partial charge >= 0.3 is 0 Å². The van der Waals surface area contributed by atoms with Gasteiger partial charge in [-0.3, -0.25) is 4.79 Å². The van der Waals surface area contributed by atoms with Gasteiger partial charge in [-0.2, -0.15) is 0 Å². The van der Waals surface area contributed by atoms with Gasteiger partial charge in [0.05, 0.1) is 18.1 Å². The van der Waals surface area contributed by atoms with Crippen molar-refractivity contribution in [3.63, 3.8) is 0 Å². The zero-order valence-corrected chi connectivity index (χ0v) is 12.9. The average molecular weight is 319 g/mol. The van der Waals surface area contributed by atoms with E-state index in [9.17, 15) is 13.2 Å². The zero-order chi connectivity index (χ0) is 13.9. The van der Waals surface area contributed by atoms with Crippen molar-refractivity contribution in [2.45, 2.75) is 12.5 Å². The summed E-state index contributed by atoms with van der Waals surface area (Å²) in [5.41, 5.74) is 0.878. The fourth-order valence-electron chi connectivity index (χ4n) is 2.14. The van der Waals surface area contributed by atoms with Crippen LogP contribution >= 0.6 is 12.4 Å². The van der Waals surface area contributed by atoms with E-state index in [-0.39, 0.29) is 42.4 Å². The molecule has 1 N–H and O–H groups in total. The number of hydrogen-bond donors (Lipinski definition) is 1. The third-order valence-electron chi connectivity index (χ3n) is 3.37. The molecule has 20 heavy (non-hydrogen) atoms. The molecule has 0 bridgehead atoms. The number of amides is 1. The third kappa shape index (κ3) is 4.38. The number of nitrogens with zero attached hydrogens (tertiary/aromatic N) is 1. The van der Waals surface area contributed by atoms with Crippen LogP contribution in [0.1, 0.15) is 6.42 Å². The molecule has 1 atom stereocenters. The number of hydrogen-bond acceptors (Lipinski definition) is 4. The largest absolute Gasteiger partial charge is 0.376 e. The number of carbonyl (C=O) groups is 1. The van der Waals surface area contributed by atoms with Gasteiger partial charge in [-0.25, -0.2) is 8.42 Å². The molecule has 1 unspecified atom stereocenters. The molecule has 2 rings (SSSR count). The highest BCUT2D eigenvalue weighted by atomic mass is 35.5. The van der Waals surface area contributed by atoms with Crippen LogP contribution < -0.4 is 5.32 Å². The van der Waals surface area contributed by atoms with E-state index in [2.05, 4.69) is 5.32 Å². The first-order valence-corrected chi connectivity index (χ1v) is 8.05. The second kappa shape index (κ2) is 6.95. The Balaban J connectivity index is 0.00000200. The number of benzene rings is 1. The van der Waals surface area contributed by atoms with Crippen molar-refractivity contribution in [1.29, 1.82) is 0 Å². The molecule has 0 spiro atoms. The summed E-state index contributed by atoms with van der Waals surface area (Å²) in [5.74, 6) is 0.174. The summed E-state index contributed by atoms with van der Waals surface area (Å²) in [6, 6.07) is 9.26. The number of carbonyl (C=O) groups excluding carboxylic acids is 1. The lowest BCUT2D eigenvalue weighted by Crippen LogP contribution is -2.40. The molecule has 7 heteroatoms. The fourth-order valence-corrected chi connectivity index (χ4v) is 3.92. The Morgan fingerprint density at radius 3 is 2.55 bits per heavy atom. The SMILES string of the molecule is CN(C(=O)CNc1ccccc1)C1CCS(=O)(=O)C1.Cl. The molecule has 0 radical (unpaired) electrons. The van der Waals surface area contributed by atoms with Crippen LogP contribution in [-0.2, 0) is 14.6 Å². The van der Waals surface area contributed by atoms with Crippen molar-refractivity contribution in [2.75, 3.05) is 30.4 Å². The molecule has 0 aromatic heterocycles. The molecule has 0 saturated carbocycles. The average Bonchev–Trinajstić information content (AvgIpc) is 2.76. The predicted octanol–water partition coefficient (Wildman–Crippen LogP) is 1.17. The van der Waals surface area contributed by atoms with Crippen LogP contribution in [0.3, 0.4) is 0 Å². The minimum absolute atomic E-state index is 0. The number of sulfone groups is 1. The number of para-hydroxylation sites is 1. The van der Waals surface area contributed by atoms with Crippen LogP contribution in [0.4, 0.5) is 5.69 Å². The number of rotatable bonds is 4. The maximum Gasteiger partial charge on any atom is 0.241 e. The van der Waals surface area contributed by atoms with Crippen LogP contribution in [0.2, 0.25) is 0 Å². The normalized spacial score (nSPS) is 19.9. The van der Waals surface area contributed by atoms with Gasteiger partial charge in [-0.15, -0.1) is 12.4 Å². The van der Waals surface area contributed by atoms with Crippen LogP contribution in [0.15, 0.2) is 30.3 Å². The smallest absolute Gasteiger partial charge is 0.241 e. The van der Waals surface area contributed by atoms with Crippen molar-refractivity contribution < 1.29 is 13.2 Å². The summed E-state index contributed by atoms with van der Waals surface area (Å²) in [4.78, 5) is 13.5. The van der Waals surface area contributed by atoms with Crippen molar-refractivity contribution in [3.8, 4) is 0 Å². The van der Waals surface area contributed by atoms with E-state index in [1.807, 2.05) is 30.3 Å². The van der Waals surface area contributed by atoms with E-state index >= 15 is 0 Å². The second-order valence-corrected chi connectivity index (χ2v) is 7.01. The first-order chi connectivity index (χ1) is 8.98. The Morgan fingerprint density at radius 1 is 1.35 bits per heavy atom. The first-order valence-electron chi connectivity index (χ1n) is 6.23. The second-order valence-electron chi connectivity index (χ2n) is 4.78. The molecular weight excluding hydrogens is 300 g/mol. The van der Waals surface area contributed by atoms with E-state index in [1.165, 1.54) is 0 Å². The Bertz CT molecular complexity index is 548. The lowest BCUT2D eigenvalue weighted by Gasteiger charge is -2.23. The van der Waals surface area contributed by atoms with Gasteiger partial charge in [0.2, 0.25) is 5.91 Å². The highest BCUT2D eigenvalue weighted by Gasteiger charge is 2.32. The topological polar surface area (TPSA) is 66.5 Å². The lowest BCUT2D eigenvalue weighted by molar-refractivity contribution is -0.129. The summed E-state index contributed by atoms with van der Waals surface area (Å²) in [5, 5.41) is 3.03. The van der Waals surface area contributed by atoms with Crippen molar-refractivity contribution in [3.05, 3.63) is 30.3 Å². The molecule has 112 valence electrons. The number of anilines is 1. The molecule has 1 amide bonds. The Hall–Kier alpha value is -1.27. The molecule has 1 aromatic carbocycles. The van der Waals surface area contributed by atoms with E-state index in [1.54, 1.807) is 11.9 Å². The van der Waals surface area contributed by atoms with Gasteiger partial charge in [0.25, 0.3) is 0 Å².